The molecule has 162 valence electrons. The zero-order valence-corrected chi connectivity index (χ0v) is 17.6. The zero-order chi connectivity index (χ0) is 21.8. The van der Waals surface area contributed by atoms with E-state index in [0.29, 0.717) is 37.7 Å². The maximum atomic E-state index is 12.5. The Balaban J connectivity index is 1.51. The van der Waals surface area contributed by atoms with E-state index in [-0.39, 0.29) is 5.95 Å². The van der Waals surface area contributed by atoms with Crippen molar-refractivity contribution >= 4 is 50.1 Å². The number of hydrogen-bond donors (Lipinski definition) is 3. The lowest BCUT2D eigenvalue weighted by atomic mass is 10.2. The van der Waals surface area contributed by atoms with Crippen LogP contribution >= 0.6 is 0 Å². The number of ether oxygens (including phenoxy) is 1. The number of nitrogens with one attached hydrogen (secondary N) is 3. The van der Waals surface area contributed by atoms with Gasteiger partial charge in [0.2, 0.25) is 16.0 Å². The maximum absolute atomic E-state index is 12.5. The molecule has 0 atom stereocenters. The number of urea groups is 1. The highest BCUT2D eigenvalue weighted by molar-refractivity contribution is 7.92. The monoisotopic (exact) mass is 442 g/mol. The van der Waals surface area contributed by atoms with Crippen LogP contribution in [-0.4, -0.2) is 57.0 Å². The molecule has 1 fully saturated rings. The molecule has 1 aromatic heterocycles. The number of hydrogen-bond acceptors (Lipinski definition) is 7. The summed E-state index contributed by atoms with van der Waals surface area (Å²) in [4.78, 5) is 23.6. The van der Waals surface area contributed by atoms with Gasteiger partial charge in [-0.2, -0.15) is 4.98 Å². The molecule has 0 spiro atoms. The van der Waals surface area contributed by atoms with E-state index in [9.17, 15) is 13.2 Å². The Morgan fingerprint density at radius 2 is 1.65 bits per heavy atom. The summed E-state index contributed by atoms with van der Waals surface area (Å²) >= 11 is 0. The number of morpholine rings is 1. The summed E-state index contributed by atoms with van der Waals surface area (Å²) in [6.07, 6.45) is 1.07. The fourth-order valence-electron chi connectivity index (χ4n) is 3.23. The Bertz CT molecular complexity index is 1190. The molecule has 1 saturated heterocycles. The highest BCUT2D eigenvalue weighted by Gasteiger charge is 2.18. The van der Waals surface area contributed by atoms with E-state index in [1.165, 1.54) is 0 Å². The van der Waals surface area contributed by atoms with Gasteiger partial charge in [0.05, 0.1) is 25.0 Å². The number of carbonyl (C=O) groups is 1. The average Bonchev–Trinajstić information content (AvgIpc) is 2.74. The second-order valence-corrected chi connectivity index (χ2v) is 8.77. The fourth-order valence-corrected chi connectivity index (χ4v) is 3.80. The van der Waals surface area contributed by atoms with Crippen molar-refractivity contribution in [3.63, 3.8) is 0 Å². The van der Waals surface area contributed by atoms with Crippen molar-refractivity contribution in [2.24, 2.45) is 0 Å². The second-order valence-electron chi connectivity index (χ2n) is 7.02. The molecule has 31 heavy (non-hydrogen) atoms. The first kappa shape index (κ1) is 20.8. The minimum atomic E-state index is -3.36. The van der Waals surface area contributed by atoms with Crippen LogP contribution in [0.5, 0.6) is 0 Å². The van der Waals surface area contributed by atoms with Crippen LogP contribution in [0, 0.1) is 0 Å². The van der Waals surface area contributed by atoms with Gasteiger partial charge in [0.15, 0.2) is 0 Å². The first-order chi connectivity index (χ1) is 14.9. The number of benzene rings is 2. The number of nitrogens with zero attached hydrogens (tertiary/aromatic N) is 3. The van der Waals surface area contributed by atoms with Gasteiger partial charge in [-0.3, -0.25) is 10.0 Å². The Hall–Kier alpha value is -3.44. The first-order valence-corrected chi connectivity index (χ1v) is 11.5. The maximum Gasteiger partial charge on any atom is 0.326 e. The molecule has 0 saturated carbocycles. The molecule has 1 aliphatic heterocycles. The predicted molar refractivity (Wildman–Crippen MR) is 120 cm³/mol. The lowest BCUT2D eigenvalue weighted by Gasteiger charge is -2.28. The largest absolute Gasteiger partial charge is 0.378 e. The minimum absolute atomic E-state index is 0.188. The van der Waals surface area contributed by atoms with Gasteiger partial charge < -0.3 is 15.0 Å². The lowest BCUT2D eigenvalue weighted by molar-refractivity contribution is 0.122. The third kappa shape index (κ3) is 5.38. The number of aromatic nitrogens is 2. The quantitative estimate of drug-likeness (QED) is 0.554. The van der Waals surface area contributed by atoms with E-state index in [2.05, 4.69) is 30.2 Å². The van der Waals surface area contributed by atoms with Crippen LogP contribution in [0.3, 0.4) is 0 Å². The molecular formula is C20H22N6O4S. The summed E-state index contributed by atoms with van der Waals surface area (Å²) in [5.74, 6) is 0.938. The molecule has 2 heterocycles. The van der Waals surface area contributed by atoms with Crippen molar-refractivity contribution < 1.29 is 17.9 Å². The number of sulfonamides is 1. The molecule has 3 aromatic rings. The Morgan fingerprint density at radius 1 is 0.968 bits per heavy atom. The Labute approximate surface area is 179 Å². The van der Waals surface area contributed by atoms with Crippen molar-refractivity contribution in [1.82, 2.24) is 9.97 Å². The molecule has 10 nitrogen and oxygen atoms in total. The number of amides is 2. The van der Waals surface area contributed by atoms with Gasteiger partial charge >= 0.3 is 6.03 Å². The molecule has 0 radical (unpaired) electrons. The van der Waals surface area contributed by atoms with Crippen LogP contribution in [0.2, 0.25) is 0 Å². The molecule has 11 heteroatoms. The predicted octanol–water partition coefficient (Wildman–Crippen LogP) is 2.48. The third-order valence-electron chi connectivity index (χ3n) is 4.57. The summed E-state index contributed by atoms with van der Waals surface area (Å²) in [6, 6.07) is 13.4. The van der Waals surface area contributed by atoms with Gasteiger partial charge in [-0.1, -0.05) is 12.1 Å². The Morgan fingerprint density at radius 3 is 2.35 bits per heavy atom. The lowest BCUT2D eigenvalue weighted by Crippen LogP contribution is -2.37. The van der Waals surface area contributed by atoms with Gasteiger partial charge in [-0.05, 0) is 36.4 Å². The van der Waals surface area contributed by atoms with E-state index in [1.54, 1.807) is 24.3 Å². The minimum Gasteiger partial charge on any atom is -0.378 e. The van der Waals surface area contributed by atoms with E-state index in [0.717, 1.165) is 23.0 Å². The number of rotatable bonds is 5. The molecule has 0 bridgehead atoms. The molecule has 2 aromatic carbocycles. The van der Waals surface area contributed by atoms with Gasteiger partial charge in [-0.25, -0.2) is 18.2 Å². The molecule has 0 aliphatic carbocycles. The molecular weight excluding hydrogens is 420 g/mol. The summed E-state index contributed by atoms with van der Waals surface area (Å²) in [7, 11) is -3.36. The van der Waals surface area contributed by atoms with Crippen molar-refractivity contribution in [2.45, 2.75) is 0 Å². The van der Waals surface area contributed by atoms with Crippen LogP contribution in [0.25, 0.3) is 10.9 Å². The number of para-hydroxylation sites is 1. The van der Waals surface area contributed by atoms with E-state index in [1.807, 2.05) is 24.3 Å². The highest BCUT2D eigenvalue weighted by Crippen LogP contribution is 2.26. The second kappa shape index (κ2) is 8.74. The summed E-state index contributed by atoms with van der Waals surface area (Å²) in [5, 5.41) is 6.27. The van der Waals surface area contributed by atoms with E-state index < -0.39 is 16.1 Å². The van der Waals surface area contributed by atoms with Crippen molar-refractivity contribution in [3.8, 4) is 0 Å². The van der Waals surface area contributed by atoms with Crippen LogP contribution in [0.4, 0.5) is 27.9 Å². The van der Waals surface area contributed by atoms with Crippen LogP contribution in [0.15, 0.2) is 48.5 Å². The summed E-state index contributed by atoms with van der Waals surface area (Å²) < 4.78 is 30.4. The number of carbonyl (C=O) groups excluding carboxylic acids is 1. The molecule has 3 N–H and O–H groups in total. The normalized spacial score (nSPS) is 14.3. The van der Waals surface area contributed by atoms with Gasteiger partial charge in [0.1, 0.15) is 5.82 Å². The molecule has 1 aliphatic rings. The average molecular weight is 443 g/mol. The van der Waals surface area contributed by atoms with Crippen LogP contribution < -0.4 is 20.3 Å². The smallest absolute Gasteiger partial charge is 0.326 e. The van der Waals surface area contributed by atoms with Gasteiger partial charge in [0, 0.05) is 29.9 Å². The van der Waals surface area contributed by atoms with E-state index in [4.69, 9.17) is 4.74 Å². The van der Waals surface area contributed by atoms with Crippen molar-refractivity contribution in [3.05, 3.63) is 48.5 Å². The van der Waals surface area contributed by atoms with Crippen molar-refractivity contribution in [2.75, 3.05) is 52.8 Å². The van der Waals surface area contributed by atoms with Crippen LogP contribution in [-0.2, 0) is 14.8 Å². The van der Waals surface area contributed by atoms with Gasteiger partial charge in [-0.15, -0.1) is 0 Å². The molecule has 4 rings (SSSR count). The highest BCUT2D eigenvalue weighted by atomic mass is 32.2. The third-order valence-corrected chi connectivity index (χ3v) is 5.17. The van der Waals surface area contributed by atoms with Crippen molar-refractivity contribution in [1.29, 1.82) is 0 Å². The Kier molecular flexibility index (Phi) is 5.87. The summed E-state index contributed by atoms with van der Waals surface area (Å²) in [6.45, 7) is 2.65. The topological polar surface area (TPSA) is 126 Å². The van der Waals surface area contributed by atoms with Gasteiger partial charge in [0.25, 0.3) is 0 Å². The summed E-state index contributed by atoms with van der Waals surface area (Å²) in [5.41, 5.74) is 1.62. The first-order valence-electron chi connectivity index (χ1n) is 9.63. The molecule has 0 unspecified atom stereocenters. The number of fused-ring (bicyclic) bond motifs is 1. The SMILES string of the molecule is CS(=O)(=O)Nc1ccc(NC(=O)Nc2nc(N3CCOCC3)c3ccccc3n2)cc1. The standard InChI is InChI=1S/C20H22N6O4S/c1-31(28,29)25-15-8-6-14(7-9-15)21-20(27)24-19-22-17-5-3-2-4-16(17)18(23-19)26-10-12-30-13-11-26/h2-9,25H,10-13H2,1H3,(H2,21,22,23,24,27). The number of anilines is 4. The van der Waals surface area contributed by atoms with E-state index >= 15 is 0 Å². The fraction of sp³-hybridized carbons (Fsp3) is 0.250. The zero-order valence-electron chi connectivity index (χ0n) is 16.8. The van der Waals surface area contributed by atoms with Crippen LogP contribution in [0.1, 0.15) is 0 Å². The molecule has 2 amide bonds.